The molecule has 0 saturated carbocycles. The fourth-order valence-electron chi connectivity index (χ4n) is 2.36. The Balaban J connectivity index is 2.07. The summed E-state index contributed by atoms with van der Waals surface area (Å²) in [5.41, 5.74) is 6.05. The zero-order valence-corrected chi connectivity index (χ0v) is 17.4. The Labute approximate surface area is 174 Å². The minimum atomic E-state index is -0.848. The summed E-state index contributed by atoms with van der Waals surface area (Å²) >= 11 is 11.9. The number of hydrogen-bond donors (Lipinski definition) is 3. The second kappa shape index (κ2) is 9.66. The highest BCUT2D eigenvalue weighted by molar-refractivity contribution is 6.35. The predicted molar refractivity (Wildman–Crippen MR) is 112 cm³/mol. The Hall–Kier alpha value is -2.44. The van der Waals surface area contributed by atoms with Crippen molar-refractivity contribution in [3.8, 4) is 0 Å². The zero-order valence-electron chi connectivity index (χ0n) is 15.9. The number of benzene rings is 2. The van der Waals surface area contributed by atoms with E-state index in [0.29, 0.717) is 22.2 Å². The Morgan fingerprint density at radius 3 is 2.21 bits per heavy atom. The van der Waals surface area contributed by atoms with Crippen LogP contribution >= 0.6 is 23.2 Å². The average Bonchev–Trinajstić information content (AvgIpc) is 2.57. The van der Waals surface area contributed by atoms with Crippen molar-refractivity contribution in [2.75, 3.05) is 5.43 Å². The number of anilines is 1. The number of ether oxygens (including phenoxy) is 1. The summed E-state index contributed by atoms with van der Waals surface area (Å²) < 4.78 is 5.26. The molecule has 0 bridgehead atoms. The van der Waals surface area contributed by atoms with Gasteiger partial charge in [-0.1, -0.05) is 53.5 Å². The lowest BCUT2D eigenvalue weighted by Gasteiger charge is -2.23. The van der Waals surface area contributed by atoms with Crippen LogP contribution < -0.4 is 16.2 Å². The van der Waals surface area contributed by atoms with Crippen LogP contribution in [-0.4, -0.2) is 23.6 Å². The van der Waals surface area contributed by atoms with E-state index in [2.05, 4.69) is 16.2 Å². The number of amides is 2. The number of nitrogens with one attached hydrogen (secondary N) is 3. The van der Waals surface area contributed by atoms with Gasteiger partial charge < -0.3 is 10.1 Å². The van der Waals surface area contributed by atoms with E-state index in [1.807, 2.05) is 30.3 Å². The summed E-state index contributed by atoms with van der Waals surface area (Å²) in [5, 5.41) is 3.47. The van der Waals surface area contributed by atoms with Crippen molar-refractivity contribution in [3.05, 3.63) is 64.1 Å². The maximum atomic E-state index is 12.7. The van der Waals surface area contributed by atoms with Gasteiger partial charge in [0.25, 0.3) is 5.91 Å². The maximum Gasteiger partial charge on any atom is 0.408 e. The molecule has 2 rings (SSSR count). The predicted octanol–water partition coefficient (Wildman–Crippen LogP) is 4.57. The molecule has 0 aliphatic rings. The first-order valence-corrected chi connectivity index (χ1v) is 9.43. The van der Waals surface area contributed by atoms with Crippen LogP contribution in [0.2, 0.25) is 10.0 Å². The number of hydrogen-bond acceptors (Lipinski definition) is 4. The number of hydrazine groups is 1. The van der Waals surface area contributed by atoms with Gasteiger partial charge in [0.05, 0.1) is 5.69 Å². The molecule has 150 valence electrons. The van der Waals surface area contributed by atoms with Crippen LogP contribution in [0.15, 0.2) is 48.5 Å². The molecule has 0 aliphatic heterocycles. The monoisotopic (exact) mass is 423 g/mol. The summed E-state index contributed by atoms with van der Waals surface area (Å²) in [7, 11) is 0. The lowest BCUT2D eigenvalue weighted by atomic mass is 10.1. The molecule has 0 fully saturated rings. The van der Waals surface area contributed by atoms with Crippen molar-refractivity contribution in [2.24, 2.45) is 0 Å². The molecule has 2 aromatic carbocycles. The zero-order chi connectivity index (χ0) is 20.7. The highest BCUT2D eigenvalue weighted by Crippen LogP contribution is 2.21. The normalized spacial score (nSPS) is 12.0. The highest BCUT2D eigenvalue weighted by atomic mass is 35.5. The maximum absolute atomic E-state index is 12.7. The van der Waals surface area contributed by atoms with Crippen LogP contribution in [0.3, 0.4) is 0 Å². The van der Waals surface area contributed by atoms with Crippen molar-refractivity contribution >= 4 is 40.9 Å². The van der Waals surface area contributed by atoms with Gasteiger partial charge in [0.2, 0.25) is 0 Å². The highest BCUT2D eigenvalue weighted by Gasteiger charge is 2.24. The Kier molecular flexibility index (Phi) is 7.54. The standard InChI is InChI=1S/C20H23Cl2N3O3/c1-20(2,3)28-19(27)23-17(9-13-7-5-4-6-8-13)18(26)25-24-16-11-14(21)10-15(22)12-16/h4-8,10-12,17,24H,9H2,1-3H3,(H,23,27)(H,25,26). The molecule has 0 aliphatic carbocycles. The first kappa shape index (κ1) is 21.9. The smallest absolute Gasteiger partial charge is 0.408 e. The molecule has 2 aromatic rings. The lowest BCUT2D eigenvalue weighted by Crippen LogP contribution is -2.50. The molecule has 0 spiro atoms. The van der Waals surface area contributed by atoms with Gasteiger partial charge in [-0.05, 0) is 44.5 Å². The van der Waals surface area contributed by atoms with Crippen LogP contribution in [0.4, 0.5) is 10.5 Å². The molecular weight excluding hydrogens is 401 g/mol. The summed E-state index contributed by atoms with van der Waals surface area (Å²) in [6.45, 7) is 5.26. The van der Waals surface area contributed by atoms with Gasteiger partial charge in [-0.25, -0.2) is 4.79 Å². The average molecular weight is 424 g/mol. The molecule has 28 heavy (non-hydrogen) atoms. The van der Waals surface area contributed by atoms with E-state index >= 15 is 0 Å². The lowest BCUT2D eigenvalue weighted by molar-refractivity contribution is -0.122. The van der Waals surface area contributed by atoms with Gasteiger partial charge in [0.1, 0.15) is 11.6 Å². The summed E-state index contributed by atoms with van der Waals surface area (Å²) in [6.07, 6.45) is -0.376. The quantitative estimate of drug-likeness (QED) is 0.594. The molecule has 1 unspecified atom stereocenters. The van der Waals surface area contributed by atoms with E-state index in [-0.39, 0.29) is 0 Å². The first-order chi connectivity index (χ1) is 13.1. The van der Waals surface area contributed by atoms with Crippen LogP contribution in [-0.2, 0) is 16.0 Å². The third-order valence-corrected chi connectivity index (χ3v) is 3.92. The minimum absolute atomic E-state index is 0.296. The Morgan fingerprint density at radius 1 is 1.04 bits per heavy atom. The van der Waals surface area contributed by atoms with Gasteiger partial charge in [0, 0.05) is 16.5 Å². The van der Waals surface area contributed by atoms with Crippen LogP contribution in [0.1, 0.15) is 26.3 Å². The van der Waals surface area contributed by atoms with Crippen LogP contribution in [0.25, 0.3) is 0 Å². The third kappa shape index (κ3) is 7.66. The van der Waals surface area contributed by atoms with Gasteiger partial charge in [0.15, 0.2) is 0 Å². The van der Waals surface area contributed by atoms with E-state index < -0.39 is 23.6 Å². The van der Waals surface area contributed by atoms with Crippen molar-refractivity contribution in [3.63, 3.8) is 0 Å². The fraction of sp³-hybridized carbons (Fsp3) is 0.300. The molecule has 3 N–H and O–H groups in total. The molecule has 0 radical (unpaired) electrons. The number of alkyl carbamates (subject to hydrolysis) is 1. The third-order valence-electron chi connectivity index (χ3n) is 3.48. The van der Waals surface area contributed by atoms with Crippen LogP contribution in [0, 0.1) is 0 Å². The van der Waals surface area contributed by atoms with Crippen molar-refractivity contribution in [1.82, 2.24) is 10.7 Å². The second-order valence-electron chi connectivity index (χ2n) is 7.16. The van der Waals surface area contributed by atoms with E-state index in [1.54, 1.807) is 39.0 Å². The molecule has 0 heterocycles. The van der Waals surface area contributed by atoms with E-state index in [1.165, 1.54) is 0 Å². The number of halogens is 2. The van der Waals surface area contributed by atoms with Gasteiger partial charge in [-0.2, -0.15) is 0 Å². The van der Waals surface area contributed by atoms with Crippen molar-refractivity contribution in [1.29, 1.82) is 0 Å². The molecule has 2 amide bonds. The van der Waals surface area contributed by atoms with E-state index in [0.717, 1.165) is 5.56 Å². The summed E-state index contributed by atoms with van der Waals surface area (Å²) in [6, 6.07) is 13.3. The Bertz CT molecular complexity index is 803. The van der Waals surface area contributed by atoms with Gasteiger partial charge in [-0.15, -0.1) is 0 Å². The second-order valence-corrected chi connectivity index (χ2v) is 8.03. The van der Waals surface area contributed by atoms with E-state index in [4.69, 9.17) is 27.9 Å². The van der Waals surface area contributed by atoms with Gasteiger partial charge >= 0.3 is 6.09 Å². The van der Waals surface area contributed by atoms with Gasteiger partial charge in [-0.3, -0.25) is 15.6 Å². The molecular formula is C20H23Cl2N3O3. The van der Waals surface area contributed by atoms with Crippen molar-refractivity contribution < 1.29 is 14.3 Å². The SMILES string of the molecule is CC(C)(C)OC(=O)NC(Cc1ccccc1)C(=O)NNc1cc(Cl)cc(Cl)c1. The number of carbonyl (C=O) groups is 2. The summed E-state index contributed by atoms with van der Waals surface area (Å²) in [4.78, 5) is 24.8. The summed E-state index contributed by atoms with van der Waals surface area (Å²) in [5.74, 6) is -0.439. The molecule has 1 atom stereocenters. The molecule has 0 saturated heterocycles. The number of rotatable bonds is 6. The largest absolute Gasteiger partial charge is 0.444 e. The first-order valence-electron chi connectivity index (χ1n) is 8.68. The van der Waals surface area contributed by atoms with Crippen LogP contribution in [0.5, 0.6) is 0 Å². The fourth-order valence-corrected chi connectivity index (χ4v) is 2.88. The molecule has 8 heteroatoms. The Morgan fingerprint density at radius 2 is 1.64 bits per heavy atom. The van der Waals surface area contributed by atoms with Crippen molar-refractivity contribution in [2.45, 2.75) is 38.8 Å². The topological polar surface area (TPSA) is 79.5 Å². The molecule has 0 aromatic heterocycles. The minimum Gasteiger partial charge on any atom is -0.444 e. The number of carbonyl (C=O) groups excluding carboxylic acids is 2. The molecule has 6 nitrogen and oxygen atoms in total. The van der Waals surface area contributed by atoms with E-state index in [9.17, 15) is 9.59 Å².